The normalized spacial score (nSPS) is 12.7. The highest BCUT2D eigenvalue weighted by atomic mass is 16.5. The van der Waals surface area contributed by atoms with Crippen LogP contribution >= 0.6 is 0 Å². The number of hydrogen-bond donors (Lipinski definition) is 2. The van der Waals surface area contributed by atoms with Gasteiger partial charge in [0, 0.05) is 7.05 Å². The summed E-state index contributed by atoms with van der Waals surface area (Å²) < 4.78 is 5.07. The van der Waals surface area contributed by atoms with Crippen LogP contribution in [0.3, 0.4) is 0 Å². The molecule has 0 aliphatic carbocycles. The Hall–Kier alpha value is -2.86. The molecule has 2 aromatic rings. The van der Waals surface area contributed by atoms with Crippen molar-refractivity contribution in [3.8, 4) is 0 Å². The average molecular weight is 356 g/mol. The lowest BCUT2D eigenvalue weighted by atomic mass is 10.0. The smallest absolute Gasteiger partial charge is 0.407 e. The molecule has 0 saturated heterocycles. The Morgan fingerprint density at radius 3 is 2.27 bits per heavy atom. The lowest BCUT2D eigenvalue weighted by Gasteiger charge is -2.29. The molecule has 2 rings (SSSR count). The second kappa shape index (κ2) is 9.58. The number of carbonyl (C=O) groups is 2. The van der Waals surface area contributed by atoms with E-state index in [2.05, 4.69) is 5.32 Å². The molecular formula is C20H24N2O4. The van der Waals surface area contributed by atoms with Gasteiger partial charge in [0.15, 0.2) is 0 Å². The van der Waals surface area contributed by atoms with Crippen LogP contribution < -0.4 is 5.32 Å². The average Bonchev–Trinajstić information content (AvgIpc) is 2.70. The van der Waals surface area contributed by atoms with Gasteiger partial charge in [-0.1, -0.05) is 60.7 Å². The number of aliphatic hydroxyl groups is 1. The molecule has 2 aromatic carbocycles. The van der Waals surface area contributed by atoms with Crippen LogP contribution in [0.4, 0.5) is 4.79 Å². The summed E-state index contributed by atoms with van der Waals surface area (Å²) >= 11 is 0. The molecule has 2 amide bonds. The number of alkyl carbamates (subject to hydrolysis) is 1. The first-order valence-corrected chi connectivity index (χ1v) is 8.42. The van der Waals surface area contributed by atoms with E-state index in [0.29, 0.717) is 0 Å². The maximum absolute atomic E-state index is 12.2. The van der Waals surface area contributed by atoms with Crippen molar-refractivity contribution < 1.29 is 19.4 Å². The number of benzene rings is 2. The molecule has 6 nitrogen and oxygen atoms in total. The van der Waals surface area contributed by atoms with Gasteiger partial charge in [-0.25, -0.2) is 4.79 Å². The van der Waals surface area contributed by atoms with Crippen LogP contribution in [0.15, 0.2) is 60.7 Å². The topological polar surface area (TPSA) is 78.9 Å². The molecule has 2 N–H and O–H groups in total. The third-order valence-corrected chi connectivity index (χ3v) is 4.20. The highest BCUT2D eigenvalue weighted by Gasteiger charge is 2.24. The third kappa shape index (κ3) is 5.60. The number of hydrogen-bond acceptors (Lipinski definition) is 4. The van der Waals surface area contributed by atoms with E-state index in [-0.39, 0.29) is 19.1 Å². The molecule has 0 spiro atoms. The SMILES string of the molecule is C[C@@H]([C@@H](O)c1ccccc1)N(C)C(=O)CNC(=O)OCc1ccccc1. The fourth-order valence-corrected chi connectivity index (χ4v) is 2.41. The van der Waals surface area contributed by atoms with E-state index in [1.54, 1.807) is 26.1 Å². The monoisotopic (exact) mass is 356 g/mol. The molecule has 0 fully saturated rings. The van der Waals surface area contributed by atoms with Gasteiger partial charge in [0.05, 0.1) is 12.1 Å². The van der Waals surface area contributed by atoms with Gasteiger partial charge in [0.25, 0.3) is 0 Å². The second-order valence-electron chi connectivity index (χ2n) is 6.02. The predicted octanol–water partition coefficient (Wildman–Crippen LogP) is 2.49. The zero-order valence-electron chi connectivity index (χ0n) is 15.0. The van der Waals surface area contributed by atoms with E-state index in [1.807, 2.05) is 48.5 Å². The summed E-state index contributed by atoms with van der Waals surface area (Å²) in [4.78, 5) is 25.4. The number of nitrogens with one attached hydrogen (secondary N) is 1. The molecule has 0 aromatic heterocycles. The van der Waals surface area contributed by atoms with Gasteiger partial charge < -0.3 is 20.1 Å². The van der Waals surface area contributed by atoms with Gasteiger partial charge in [-0.15, -0.1) is 0 Å². The summed E-state index contributed by atoms with van der Waals surface area (Å²) in [5, 5.41) is 12.8. The van der Waals surface area contributed by atoms with Crippen molar-refractivity contribution in [3.05, 3.63) is 71.8 Å². The van der Waals surface area contributed by atoms with Gasteiger partial charge in [0.1, 0.15) is 13.2 Å². The van der Waals surface area contributed by atoms with Crippen molar-refractivity contribution in [2.75, 3.05) is 13.6 Å². The Balaban J connectivity index is 1.78. The minimum Gasteiger partial charge on any atom is -0.445 e. The van der Waals surface area contributed by atoms with Crippen LogP contribution in [0.1, 0.15) is 24.2 Å². The first kappa shape index (κ1) is 19.5. The van der Waals surface area contributed by atoms with E-state index in [0.717, 1.165) is 11.1 Å². The molecular weight excluding hydrogens is 332 g/mol. The Morgan fingerprint density at radius 2 is 1.65 bits per heavy atom. The summed E-state index contributed by atoms with van der Waals surface area (Å²) in [6, 6.07) is 18.0. The first-order chi connectivity index (χ1) is 12.5. The maximum atomic E-state index is 12.2. The van der Waals surface area contributed by atoms with E-state index < -0.39 is 18.2 Å². The van der Waals surface area contributed by atoms with Crippen LogP contribution in [0.5, 0.6) is 0 Å². The van der Waals surface area contributed by atoms with Gasteiger partial charge >= 0.3 is 6.09 Å². The van der Waals surface area contributed by atoms with Gasteiger partial charge in [-0.05, 0) is 18.1 Å². The first-order valence-electron chi connectivity index (χ1n) is 8.42. The van der Waals surface area contributed by atoms with Crippen molar-refractivity contribution >= 4 is 12.0 Å². The quantitative estimate of drug-likeness (QED) is 0.799. The van der Waals surface area contributed by atoms with Crippen molar-refractivity contribution in [1.82, 2.24) is 10.2 Å². The molecule has 0 saturated carbocycles. The summed E-state index contributed by atoms with van der Waals surface area (Å²) in [5.41, 5.74) is 1.60. The van der Waals surface area contributed by atoms with Crippen LogP contribution in [-0.2, 0) is 16.1 Å². The number of rotatable bonds is 7. The van der Waals surface area contributed by atoms with Crippen LogP contribution in [0, 0.1) is 0 Å². The summed E-state index contributed by atoms with van der Waals surface area (Å²) in [5.74, 6) is -0.316. The minimum absolute atomic E-state index is 0.139. The predicted molar refractivity (Wildman–Crippen MR) is 98.3 cm³/mol. The molecule has 2 atom stereocenters. The highest BCUT2D eigenvalue weighted by Crippen LogP contribution is 2.19. The van der Waals surface area contributed by atoms with Gasteiger partial charge in [0.2, 0.25) is 5.91 Å². The molecule has 0 aliphatic heterocycles. The number of carbonyl (C=O) groups excluding carboxylic acids is 2. The Kier molecular flexibility index (Phi) is 7.17. The second-order valence-corrected chi connectivity index (χ2v) is 6.02. The van der Waals surface area contributed by atoms with E-state index in [1.165, 1.54) is 4.90 Å². The fraction of sp³-hybridized carbons (Fsp3) is 0.300. The summed E-state index contributed by atoms with van der Waals surface area (Å²) in [6.45, 7) is 1.69. The zero-order valence-corrected chi connectivity index (χ0v) is 15.0. The number of likely N-dealkylation sites (N-methyl/N-ethyl adjacent to an activating group) is 1. The van der Waals surface area contributed by atoms with Gasteiger partial charge in [-0.3, -0.25) is 4.79 Å². The molecule has 0 aliphatic rings. The van der Waals surface area contributed by atoms with E-state index in [9.17, 15) is 14.7 Å². The summed E-state index contributed by atoms with van der Waals surface area (Å²) in [7, 11) is 1.59. The number of amides is 2. The number of nitrogens with zero attached hydrogens (tertiary/aromatic N) is 1. The minimum atomic E-state index is -0.810. The van der Waals surface area contributed by atoms with E-state index in [4.69, 9.17) is 4.74 Å². The zero-order chi connectivity index (χ0) is 18.9. The number of aliphatic hydroxyl groups excluding tert-OH is 1. The third-order valence-electron chi connectivity index (χ3n) is 4.20. The lowest BCUT2D eigenvalue weighted by Crippen LogP contribution is -2.44. The van der Waals surface area contributed by atoms with Crippen LogP contribution in [0.2, 0.25) is 0 Å². The van der Waals surface area contributed by atoms with E-state index >= 15 is 0 Å². The van der Waals surface area contributed by atoms with Crippen molar-refractivity contribution in [1.29, 1.82) is 0 Å². The molecule has 0 bridgehead atoms. The Bertz CT molecular complexity index is 706. The van der Waals surface area contributed by atoms with Gasteiger partial charge in [-0.2, -0.15) is 0 Å². The lowest BCUT2D eigenvalue weighted by molar-refractivity contribution is -0.132. The highest BCUT2D eigenvalue weighted by molar-refractivity contribution is 5.82. The molecule has 0 radical (unpaired) electrons. The molecule has 0 heterocycles. The van der Waals surface area contributed by atoms with Crippen LogP contribution in [0.25, 0.3) is 0 Å². The largest absolute Gasteiger partial charge is 0.445 e. The fourth-order valence-electron chi connectivity index (χ4n) is 2.41. The standard InChI is InChI=1S/C20H24N2O4/c1-15(19(24)17-11-7-4-8-12-17)22(2)18(23)13-21-20(25)26-14-16-9-5-3-6-10-16/h3-12,15,19,24H,13-14H2,1-2H3,(H,21,25)/t15-,19+/m0/s1. The Labute approximate surface area is 153 Å². The van der Waals surface area contributed by atoms with Crippen molar-refractivity contribution in [3.63, 3.8) is 0 Å². The van der Waals surface area contributed by atoms with Crippen LogP contribution in [-0.4, -0.2) is 41.6 Å². The molecule has 138 valence electrons. The van der Waals surface area contributed by atoms with Crippen molar-refractivity contribution in [2.45, 2.75) is 25.7 Å². The number of ether oxygens (including phenoxy) is 1. The van der Waals surface area contributed by atoms with Crippen molar-refractivity contribution in [2.24, 2.45) is 0 Å². The Morgan fingerprint density at radius 1 is 1.08 bits per heavy atom. The summed E-state index contributed by atoms with van der Waals surface area (Å²) in [6.07, 6.45) is -1.47. The molecule has 0 unspecified atom stereocenters. The molecule has 6 heteroatoms. The maximum Gasteiger partial charge on any atom is 0.407 e. The molecule has 26 heavy (non-hydrogen) atoms.